The van der Waals surface area contributed by atoms with Crippen molar-refractivity contribution in [1.82, 2.24) is 4.37 Å². The van der Waals surface area contributed by atoms with Gasteiger partial charge in [0, 0.05) is 16.5 Å². The van der Waals surface area contributed by atoms with Crippen LogP contribution in [-0.2, 0) is 4.74 Å². The van der Waals surface area contributed by atoms with Gasteiger partial charge in [-0.2, -0.15) is 4.37 Å². The summed E-state index contributed by atoms with van der Waals surface area (Å²) in [6.07, 6.45) is 1.63. The number of ether oxygens (including phenoxy) is 1. The van der Waals surface area contributed by atoms with Gasteiger partial charge in [0.05, 0.1) is 16.9 Å². The second-order valence-corrected chi connectivity index (χ2v) is 6.73. The van der Waals surface area contributed by atoms with E-state index in [-0.39, 0.29) is 17.9 Å². The Bertz CT molecular complexity index is 885. The third kappa shape index (κ3) is 3.08. The predicted octanol–water partition coefficient (Wildman–Crippen LogP) is 4.96. The molecule has 3 aromatic rings. The van der Waals surface area contributed by atoms with E-state index in [1.54, 1.807) is 19.2 Å². The smallest absolute Gasteiger partial charge is 0.340 e. The molecule has 0 aliphatic heterocycles. The van der Waals surface area contributed by atoms with Gasteiger partial charge in [0.25, 0.3) is 0 Å². The van der Waals surface area contributed by atoms with Crippen LogP contribution in [0.15, 0.2) is 34.6 Å². The fourth-order valence-electron chi connectivity index (χ4n) is 2.11. The minimum atomic E-state index is -0.533. The molecule has 0 amide bonds. The number of nitrogens with zero attached hydrogens (tertiary/aromatic N) is 3. The Labute approximate surface area is 140 Å². The highest BCUT2D eigenvalue weighted by molar-refractivity contribution is 7.19. The number of thiophene rings is 1. The molecule has 2 heterocycles. The minimum absolute atomic E-state index is 0.0316. The molecule has 3 rings (SSSR count). The molecule has 0 saturated carbocycles. The monoisotopic (exact) mass is 347 g/mol. The maximum Gasteiger partial charge on any atom is 0.340 e. The van der Waals surface area contributed by atoms with E-state index in [9.17, 15) is 9.90 Å². The Morgan fingerprint density at radius 3 is 2.91 bits per heavy atom. The number of aromatic nitrogens is 1. The maximum atomic E-state index is 12.2. The van der Waals surface area contributed by atoms with Gasteiger partial charge in [-0.15, -0.1) is 21.6 Å². The summed E-state index contributed by atoms with van der Waals surface area (Å²) in [6.45, 7) is 3.90. The van der Waals surface area contributed by atoms with Gasteiger partial charge in [-0.25, -0.2) is 4.79 Å². The lowest BCUT2D eigenvalue weighted by Gasteiger charge is -2.07. The van der Waals surface area contributed by atoms with E-state index in [0.29, 0.717) is 20.8 Å². The highest BCUT2D eigenvalue weighted by Gasteiger charge is 2.20. The van der Waals surface area contributed by atoms with Crippen LogP contribution in [-0.4, -0.2) is 22.1 Å². The van der Waals surface area contributed by atoms with Crippen molar-refractivity contribution >= 4 is 49.6 Å². The van der Waals surface area contributed by atoms with Crippen LogP contribution in [0.5, 0.6) is 5.75 Å². The average molecular weight is 347 g/mol. The van der Waals surface area contributed by atoms with Crippen molar-refractivity contribution in [3.05, 3.63) is 34.8 Å². The number of aryl methyl sites for hydroxylation is 1. The van der Waals surface area contributed by atoms with E-state index >= 15 is 0 Å². The van der Waals surface area contributed by atoms with E-state index < -0.39 is 5.97 Å². The number of esters is 1. The molecule has 118 valence electrons. The van der Waals surface area contributed by atoms with Crippen LogP contribution >= 0.6 is 22.9 Å². The normalized spacial score (nSPS) is 11.4. The number of rotatable bonds is 4. The van der Waals surface area contributed by atoms with Crippen molar-refractivity contribution < 1.29 is 14.6 Å². The molecule has 1 N–H and O–H groups in total. The first-order valence-corrected chi connectivity index (χ1v) is 8.44. The van der Waals surface area contributed by atoms with Gasteiger partial charge in [-0.05, 0) is 43.6 Å². The largest absolute Gasteiger partial charge is 0.507 e. The molecule has 0 atom stereocenters. The van der Waals surface area contributed by atoms with Crippen LogP contribution in [0.1, 0.15) is 22.2 Å². The molecule has 8 heteroatoms. The summed E-state index contributed by atoms with van der Waals surface area (Å²) >= 11 is 2.65. The quantitative estimate of drug-likeness (QED) is 0.534. The molecule has 0 fully saturated rings. The predicted molar refractivity (Wildman–Crippen MR) is 90.5 cm³/mol. The highest BCUT2D eigenvalue weighted by atomic mass is 32.1. The molecular weight excluding hydrogens is 334 g/mol. The molecule has 0 unspecified atom stereocenters. The lowest BCUT2D eigenvalue weighted by molar-refractivity contribution is 0.0527. The van der Waals surface area contributed by atoms with Crippen LogP contribution in [0.3, 0.4) is 0 Å². The van der Waals surface area contributed by atoms with Crippen LogP contribution in [0.2, 0.25) is 0 Å². The van der Waals surface area contributed by atoms with E-state index in [4.69, 9.17) is 4.74 Å². The first kappa shape index (κ1) is 15.6. The Balaban J connectivity index is 2.20. The number of hydrogen-bond donors (Lipinski definition) is 1. The molecule has 1 aromatic carbocycles. The Kier molecular flexibility index (Phi) is 4.35. The number of carbonyl (C=O) groups is 1. The van der Waals surface area contributed by atoms with Crippen molar-refractivity contribution in [3.63, 3.8) is 0 Å². The molecule has 2 aromatic heterocycles. The molecule has 0 saturated heterocycles. The van der Waals surface area contributed by atoms with Crippen LogP contribution in [0.25, 0.3) is 10.1 Å². The zero-order valence-electron chi connectivity index (χ0n) is 12.4. The number of phenolic OH excluding ortho intramolecular Hbond substituents is 1. The van der Waals surface area contributed by atoms with Crippen LogP contribution in [0, 0.1) is 6.92 Å². The molecule has 0 bridgehead atoms. The molecular formula is C15H13N3O3S2. The SMILES string of the molecule is CCOC(=O)c1cc(O)c2cc(C)sc2c1/N=N/c1ccns1. The Hall–Kier alpha value is -2.32. The molecule has 0 radical (unpaired) electrons. The van der Waals surface area contributed by atoms with Gasteiger partial charge in [0.15, 0.2) is 5.00 Å². The van der Waals surface area contributed by atoms with E-state index in [0.717, 1.165) is 4.88 Å². The van der Waals surface area contributed by atoms with Crippen molar-refractivity contribution in [2.24, 2.45) is 10.2 Å². The molecule has 0 aliphatic rings. The number of benzene rings is 1. The van der Waals surface area contributed by atoms with Crippen molar-refractivity contribution in [2.75, 3.05) is 6.61 Å². The van der Waals surface area contributed by atoms with Crippen LogP contribution < -0.4 is 0 Å². The summed E-state index contributed by atoms with van der Waals surface area (Å²) in [5.41, 5.74) is 0.606. The maximum absolute atomic E-state index is 12.2. The highest BCUT2D eigenvalue weighted by Crippen LogP contribution is 2.42. The summed E-state index contributed by atoms with van der Waals surface area (Å²) in [5, 5.41) is 19.8. The van der Waals surface area contributed by atoms with E-state index in [1.165, 1.54) is 28.9 Å². The zero-order valence-corrected chi connectivity index (χ0v) is 14.1. The van der Waals surface area contributed by atoms with Crippen molar-refractivity contribution in [3.8, 4) is 5.75 Å². The number of carbonyl (C=O) groups excluding carboxylic acids is 1. The lowest BCUT2D eigenvalue weighted by Crippen LogP contribution is -2.04. The second kappa shape index (κ2) is 6.43. The van der Waals surface area contributed by atoms with Crippen molar-refractivity contribution in [2.45, 2.75) is 13.8 Å². The van der Waals surface area contributed by atoms with Gasteiger partial charge in [-0.1, -0.05) is 0 Å². The molecule has 6 nitrogen and oxygen atoms in total. The standard InChI is InChI=1S/C15H13N3O3S2/c1-3-21-15(20)10-7-11(19)9-6-8(2)22-14(9)13(10)18-17-12-4-5-16-23-12/h4-7,19H,3H2,1-2H3/b18-17+. The third-order valence-electron chi connectivity index (χ3n) is 3.05. The van der Waals surface area contributed by atoms with Crippen molar-refractivity contribution in [1.29, 1.82) is 0 Å². The number of phenols is 1. The summed E-state index contributed by atoms with van der Waals surface area (Å²) in [6, 6.07) is 4.97. The average Bonchev–Trinajstić information content (AvgIpc) is 3.15. The van der Waals surface area contributed by atoms with E-state index in [2.05, 4.69) is 14.6 Å². The lowest BCUT2D eigenvalue weighted by atomic mass is 10.1. The first-order valence-electron chi connectivity index (χ1n) is 6.85. The first-order chi connectivity index (χ1) is 11.1. The number of hydrogen-bond acceptors (Lipinski definition) is 8. The zero-order chi connectivity index (χ0) is 16.4. The number of fused-ring (bicyclic) bond motifs is 1. The minimum Gasteiger partial charge on any atom is -0.507 e. The van der Waals surface area contributed by atoms with Gasteiger partial charge < -0.3 is 9.84 Å². The summed E-state index contributed by atoms with van der Waals surface area (Å²) < 4.78 is 9.73. The van der Waals surface area contributed by atoms with Gasteiger partial charge in [0.1, 0.15) is 11.4 Å². The van der Waals surface area contributed by atoms with E-state index in [1.807, 2.05) is 13.0 Å². The third-order valence-corrected chi connectivity index (χ3v) is 4.74. The molecule has 0 aliphatic carbocycles. The van der Waals surface area contributed by atoms with Gasteiger partial charge in [-0.3, -0.25) is 0 Å². The summed E-state index contributed by atoms with van der Waals surface area (Å²) in [7, 11) is 0. The van der Waals surface area contributed by atoms with Crippen LogP contribution in [0.4, 0.5) is 10.7 Å². The topological polar surface area (TPSA) is 84.1 Å². The Morgan fingerprint density at radius 1 is 1.39 bits per heavy atom. The summed E-state index contributed by atoms with van der Waals surface area (Å²) in [5.74, 6) is -0.502. The molecule has 23 heavy (non-hydrogen) atoms. The van der Waals surface area contributed by atoms with Gasteiger partial charge in [0.2, 0.25) is 0 Å². The number of aromatic hydroxyl groups is 1. The molecule has 0 spiro atoms. The fourth-order valence-corrected chi connectivity index (χ4v) is 3.56. The fraction of sp³-hybridized carbons (Fsp3) is 0.200. The Morgan fingerprint density at radius 2 is 2.22 bits per heavy atom. The second-order valence-electron chi connectivity index (χ2n) is 4.66. The summed E-state index contributed by atoms with van der Waals surface area (Å²) in [4.78, 5) is 13.2. The van der Waals surface area contributed by atoms with Gasteiger partial charge >= 0.3 is 5.97 Å². The number of azo groups is 1.